The Balaban J connectivity index is 3.94. The van der Waals surface area contributed by atoms with E-state index in [1.807, 2.05) is 0 Å². The van der Waals surface area contributed by atoms with Crippen molar-refractivity contribution >= 4 is 17.7 Å². The van der Waals surface area contributed by atoms with Crippen molar-refractivity contribution in [3.05, 3.63) is 11.3 Å². The maximum absolute atomic E-state index is 13.3. The summed E-state index contributed by atoms with van der Waals surface area (Å²) in [6.07, 6.45) is -13.4. The van der Waals surface area contributed by atoms with Gasteiger partial charge in [0.05, 0.1) is 12.2 Å². The van der Waals surface area contributed by atoms with Crippen LogP contribution in [0.25, 0.3) is 0 Å². The van der Waals surface area contributed by atoms with Gasteiger partial charge in [0.1, 0.15) is 17.2 Å². The van der Waals surface area contributed by atoms with Gasteiger partial charge in [-0.15, -0.1) is 0 Å². The smallest absolute Gasteiger partial charge is 0.433 e. The van der Waals surface area contributed by atoms with Crippen molar-refractivity contribution in [1.82, 2.24) is 0 Å². The van der Waals surface area contributed by atoms with Crippen molar-refractivity contribution in [3.8, 4) is 0 Å². The highest BCUT2D eigenvalue weighted by Crippen LogP contribution is 2.46. The number of carboxylic acids is 1. The van der Waals surface area contributed by atoms with Crippen molar-refractivity contribution in [2.45, 2.75) is 39.2 Å². The monoisotopic (exact) mass is 391 g/mol. The van der Waals surface area contributed by atoms with Gasteiger partial charge in [0, 0.05) is 6.61 Å². The van der Waals surface area contributed by atoms with Gasteiger partial charge in [-0.3, -0.25) is 4.79 Å². The first-order valence-corrected chi connectivity index (χ1v) is 7.22. The maximum Gasteiger partial charge on any atom is 0.433 e. The quantitative estimate of drug-likeness (QED) is 0.576. The van der Waals surface area contributed by atoms with Crippen molar-refractivity contribution in [2.24, 2.45) is 10.4 Å². The molecule has 26 heavy (non-hydrogen) atoms. The summed E-state index contributed by atoms with van der Waals surface area (Å²) in [5.74, 6) is -3.81. The van der Waals surface area contributed by atoms with Crippen molar-refractivity contribution in [3.63, 3.8) is 0 Å². The average Bonchev–Trinajstić information content (AvgIpc) is 2.46. The molecule has 0 fully saturated rings. The Kier molecular flexibility index (Phi) is 6.12. The number of alkyl halides is 6. The lowest BCUT2D eigenvalue weighted by Gasteiger charge is -2.39. The second-order valence-electron chi connectivity index (χ2n) is 5.28. The molecule has 0 saturated carbocycles. The van der Waals surface area contributed by atoms with Crippen molar-refractivity contribution < 1.29 is 50.5 Å². The Morgan fingerprint density at radius 1 is 1.12 bits per heavy atom. The molecule has 0 bridgehead atoms. The van der Waals surface area contributed by atoms with Gasteiger partial charge in [0.15, 0.2) is 5.70 Å². The number of esters is 1. The molecule has 1 aliphatic rings. The first kappa shape index (κ1) is 21.9. The largest absolute Gasteiger partial charge is 0.480 e. The summed E-state index contributed by atoms with van der Waals surface area (Å²) in [7, 11) is 0. The normalized spacial score (nSPS) is 24.3. The number of aliphatic carboxylic acids is 1. The third-order valence-electron chi connectivity index (χ3n) is 3.57. The van der Waals surface area contributed by atoms with E-state index in [-0.39, 0.29) is 0 Å². The molecule has 0 aromatic carbocycles. The first-order chi connectivity index (χ1) is 11.7. The van der Waals surface area contributed by atoms with Gasteiger partial charge in [0.25, 0.3) is 0 Å². The van der Waals surface area contributed by atoms with E-state index in [2.05, 4.69) is 9.73 Å². The molecule has 1 rings (SSSR count). The first-order valence-electron chi connectivity index (χ1n) is 7.22. The number of halogens is 6. The Hall–Kier alpha value is -2.11. The summed E-state index contributed by atoms with van der Waals surface area (Å²) in [6.45, 7) is 2.11. The fourth-order valence-corrected chi connectivity index (χ4v) is 2.44. The van der Waals surface area contributed by atoms with Crippen molar-refractivity contribution in [1.29, 1.82) is 0 Å². The summed E-state index contributed by atoms with van der Waals surface area (Å²) < 4.78 is 89.0. The molecule has 1 heterocycles. The highest BCUT2D eigenvalue weighted by Gasteiger charge is 2.63. The SMILES string of the molecule is CCOC(=O)C1=C(C(F)(F)F)N=C(C(F)(F)F)C(C)(C(=O)O)C1OCC. The van der Waals surface area contributed by atoms with E-state index in [1.165, 1.54) is 13.8 Å². The summed E-state index contributed by atoms with van der Waals surface area (Å²) >= 11 is 0. The Morgan fingerprint density at radius 3 is 2.00 bits per heavy atom. The van der Waals surface area contributed by atoms with E-state index >= 15 is 0 Å². The molecule has 1 N–H and O–H groups in total. The number of allylic oxidation sites excluding steroid dienone is 1. The van der Waals surface area contributed by atoms with Gasteiger partial charge in [0.2, 0.25) is 0 Å². The molecule has 0 aliphatic carbocycles. The lowest BCUT2D eigenvalue weighted by atomic mass is 9.73. The number of ether oxygens (including phenoxy) is 2. The number of carbonyl (C=O) groups is 2. The van der Waals surface area contributed by atoms with Crippen LogP contribution >= 0.6 is 0 Å². The van der Waals surface area contributed by atoms with Crippen LogP contribution < -0.4 is 0 Å². The van der Waals surface area contributed by atoms with Gasteiger partial charge in [-0.1, -0.05) is 0 Å². The third kappa shape index (κ3) is 3.84. The average molecular weight is 391 g/mol. The summed E-state index contributed by atoms with van der Waals surface area (Å²) in [5, 5.41) is 9.33. The third-order valence-corrected chi connectivity index (χ3v) is 3.57. The highest BCUT2D eigenvalue weighted by atomic mass is 19.4. The molecule has 0 aromatic rings. The number of rotatable bonds is 5. The predicted octanol–water partition coefficient (Wildman–Crippen LogP) is 2.88. The zero-order chi connectivity index (χ0) is 20.5. The van der Waals surface area contributed by atoms with Crippen LogP contribution in [0.3, 0.4) is 0 Å². The number of carbonyl (C=O) groups excluding carboxylic acids is 1. The van der Waals surface area contributed by atoms with Gasteiger partial charge >= 0.3 is 24.3 Å². The van der Waals surface area contributed by atoms with Crippen LogP contribution in [0, 0.1) is 5.41 Å². The topological polar surface area (TPSA) is 85.2 Å². The molecule has 0 saturated heterocycles. The van der Waals surface area contributed by atoms with Crippen LogP contribution in [0.15, 0.2) is 16.3 Å². The minimum Gasteiger partial charge on any atom is -0.480 e. The molecule has 0 radical (unpaired) electrons. The zero-order valence-electron chi connectivity index (χ0n) is 13.8. The minimum absolute atomic E-state index is 0.397. The second kappa shape index (κ2) is 7.25. The van der Waals surface area contributed by atoms with Gasteiger partial charge < -0.3 is 14.6 Å². The molecular formula is C14H15F6NO5. The van der Waals surface area contributed by atoms with E-state index < -0.39 is 66.0 Å². The van der Waals surface area contributed by atoms with Crippen LogP contribution in [0.4, 0.5) is 26.3 Å². The minimum atomic E-state index is -5.51. The number of aliphatic imine (C=N–C) groups is 1. The lowest BCUT2D eigenvalue weighted by molar-refractivity contribution is -0.157. The van der Waals surface area contributed by atoms with Crippen LogP contribution in [-0.2, 0) is 19.1 Å². The molecule has 6 nitrogen and oxygen atoms in total. The zero-order valence-corrected chi connectivity index (χ0v) is 13.8. The summed E-state index contributed by atoms with van der Waals surface area (Å²) in [4.78, 5) is 26.1. The summed E-state index contributed by atoms with van der Waals surface area (Å²) in [5.41, 5.74) is -8.93. The molecule has 0 amide bonds. The molecule has 2 unspecified atom stereocenters. The van der Waals surface area contributed by atoms with Crippen LogP contribution in [0.2, 0.25) is 0 Å². The standard InChI is InChI=1S/C14H15F6NO5/c1-4-25-8-6(9(22)26-5-2)7(13(15,16)17)21-10(14(18,19)20)12(8,3)11(23)24/h8H,4-5H2,1-3H3,(H,23,24). The van der Waals surface area contributed by atoms with E-state index in [1.54, 1.807) is 0 Å². The highest BCUT2D eigenvalue weighted by molar-refractivity contribution is 6.12. The predicted molar refractivity (Wildman–Crippen MR) is 74.4 cm³/mol. The Labute approximate surface area is 143 Å². The Morgan fingerprint density at radius 2 is 1.65 bits per heavy atom. The van der Waals surface area contributed by atoms with E-state index in [4.69, 9.17) is 4.74 Å². The summed E-state index contributed by atoms with van der Waals surface area (Å²) in [6, 6.07) is 0. The Bertz CT molecular complexity index is 651. The maximum atomic E-state index is 13.3. The van der Waals surface area contributed by atoms with Crippen LogP contribution in [0.5, 0.6) is 0 Å². The number of hydrogen-bond donors (Lipinski definition) is 1. The molecule has 148 valence electrons. The van der Waals surface area contributed by atoms with Crippen molar-refractivity contribution in [2.75, 3.05) is 13.2 Å². The molecule has 2 atom stereocenters. The number of nitrogens with zero attached hydrogens (tertiary/aromatic N) is 1. The molecular weight excluding hydrogens is 376 g/mol. The van der Waals surface area contributed by atoms with Crippen LogP contribution in [0.1, 0.15) is 20.8 Å². The van der Waals surface area contributed by atoms with E-state index in [0.717, 1.165) is 0 Å². The molecule has 0 aromatic heterocycles. The van der Waals surface area contributed by atoms with Gasteiger partial charge in [-0.2, -0.15) is 26.3 Å². The number of carboxylic acid groups (broad SMARTS) is 1. The van der Waals surface area contributed by atoms with E-state index in [9.17, 15) is 41.0 Å². The van der Waals surface area contributed by atoms with E-state index in [0.29, 0.717) is 6.92 Å². The molecule has 0 spiro atoms. The van der Waals surface area contributed by atoms with Gasteiger partial charge in [-0.05, 0) is 20.8 Å². The fraction of sp³-hybridized carbons (Fsp3) is 0.643. The fourth-order valence-electron chi connectivity index (χ4n) is 2.44. The molecule has 12 heteroatoms. The van der Waals surface area contributed by atoms with Crippen LogP contribution in [-0.4, -0.2) is 54.4 Å². The lowest BCUT2D eigenvalue weighted by Crippen LogP contribution is -2.57. The second-order valence-corrected chi connectivity index (χ2v) is 5.28. The van der Waals surface area contributed by atoms with Gasteiger partial charge in [-0.25, -0.2) is 9.79 Å². The number of hydrogen-bond acceptors (Lipinski definition) is 5. The molecule has 1 aliphatic heterocycles.